The average Bonchev–Trinajstić information content (AvgIpc) is 2.73. The van der Waals surface area contributed by atoms with Crippen LogP contribution in [0.5, 0.6) is 11.5 Å². The van der Waals surface area contributed by atoms with E-state index in [4.69, 9.17) is 19.7 Å². The van der Waals surface area contributed by atoms with Crippen LogP contribution in [0.3, 0.4) is 0 Å². The molecule has 0 fully saturated rings. The Balaban J connectivity index is 1.96. The first kappa shape index (κ1) is 21.9. The molecule has 0 atom stereocenters. The molecule has 0 heterocycles. The third-order valence-electron chi connectivity index (χ3n) is 4.12. The van der Waals surface area contributed by atoms with Crippen molar-refractivity contribution in [2.24, 2.45) is 10.2 Å². The Morgan fingerprint density at radius 2 is 1.00 bits per heavy atom. The van der Waals surface area contributed by atoms with Gasteiger partial charge in [0, 0.05) is 13.2 Å². The smallest absolute Gasteiger partial charge is 0.146 e. The first-order valence-corrected chi connectivity index (χ1v) is 9.92. The molecule has 0 unspecified atom stereocenters. The van der Waals surface area contributed by atoms with Gasteiger partial charge in [-0.3, -0.25) is 0 Å². The van der Waals surface area contributed by atoms with E-state index in [-0.39, 0.29) is 13.2 Å². The summed E-state index contributed by atoms with van der Waals surface area (Å²) in [6, 6.07) is 15.1. The molecule has 6 nitrogen and oxygen atoms in total. The van der Waals surface area contributed by atoms with Gasteiger partial charge in [0.25, 0.3) is 0 Å². The maximum absolute atomic E-state index is 8.83. The maximum atomic E-state index is 8.83. The standard InChI is InChI=1S/C22H30N2O4/c25-15-7-1-9-17-27-21-13-5-3-11-19(21)23-24-20-12-4-6-14-22(20)28-18-10-2-8-16-26/h3-6,11-14,25-26H,1-2,7-10,15-18H2. The van der Waals surface area contributed by atoms with E-state index in [0.29, 0.717) is 36.1 Å². The number of aliphatic hydroxyl groups excluding tert-OH is 2. The van der Waals surface area contributed by atoms with E-state index in [0.717, 1.165) is 38.5 Å². The van der Waals surface area contributed by atoms with Crippen molar-refractivity contribution in [2.75, 3.05) is 26.4 Å². The number of aliphatic hydroxyl groups is 2. The minimum atomic E-state index is 0.216. The van der Waals surface area contributed by atoms with E-state index in [1.165, 1.54) is 0 Å². The molecule has 0 aromatic heterocycles. The number of benzene rings is 2. The lowest BCUT2D eigenvalue weighted by atomic mass is 10.2. The second-order valence-electron chi connectivity index (χ2n) is 6.40. The van der Waals surface area contributed by atoms with Crippen molar-refractivity contribution in [1.29, 1.82) is 0 Å². The number of para-hydroxylation sites is 2. The molecule has 0 spiro atoms. The van der Waals surface area contributed by atoms with E-state index < -0.39 is 0 Å². The van der Waals surface area contributed by atoms with Crippen LogP contribution in [-0.2, 0) is 0 Å². The quantitative estimate of drug-likeness (QED) is 0.346. The fraction of sp³-hybridized carbons (Fsp3) is 0.455. The lowest BCUT2D eigenvalue weighted by Crippen LogP contribution is -1.98. The van der Waals surface area contributed by atoms with Crippen molar-refractivity contribution in [1.82, 2.24) is 0 Å². The normalized spacial score (nSPS) is 11.1. The van der Waals surface area contributed by atoms with Gasteiger partial charge in [0.2, 0.25) is 0 Å². The fourth-order valence-electron chi connectivity index (χ4n) is 2.58. The number of hydrogen-bond acceptors (Lipinski definition) is 6. The molecule has 28 heavy (non-hydrogen) atoms. The number of rotatable bonds is 14. The van der Waals surface area contributed by atoms with E-state index >= 15 is 0 Å². The number of ether oxygens (including phenoxy) is 2. The van der Waals surface area contributed by atoms with Gasteiger partial charge in [-0.1, -0.05) is 24.3 Å². The number of unbranched alkanes of at least 4 members (excludes halogenated alkanes) is 4. The van der Waals surface area contributed by atoms with E-state index in [2.05, 4.69) is 10.2 Å². The van der Waals surface area contributed by atoms with Crippen LogP contribution in [-0.4, -0.2) is 36.6 Å². The van der Waals surface area contributed by atoms with Crippen LogP contribution in [0.2, 0.25) is 0 Å². The Labute approximate surface area is 166 Å². The van der Waals surface area contributed by atoms with E-state index in [1.807, 2.05) is 48.5 Å². The Morgan fingerprint density at radius 3 is 1.43 bits per heavy atom. The topological polar surface area (TPSA) is 83.6 Å². The highest BCUT2D eigenvalue weighted by molar-refractivity contribution is 5.54. The van der Waals surface area contributed by atoms with E-state index in [1.54, 1.807) is 0 Å². The molecular formula is C22H30N2O4. The van der Waals surface area contributed by atoms with Crippen LogP contribution >= 0.6 is 0 Å². The van der Waals surface area contributed by atoms with Crippen LogP contribution < -0.4 is 9.47 Å². The zero-order valence-corrected chi connectivity index (χ0v) is 16.3. The minimum Gasteiger partial charge on any atom is -0.491 e. The van der Waals surface area contributed by atoms with Crippen molar-refractivity contribution in [3.8, 4) is 11.5 Å². The van der Waals surface area contributed by atoms with Crippen LogP contribution in [0.25, 0.3) is 0 Å². The molecule has 0 saturated carbocycles. The van der Waals surface area contributed by atoms with Gasteiger partial charge in [0.15, 0.2) is 0 Å². The van der Waals surface area contributed by atoms with Crippen molar-refractivity contribution in [3.63, 3.8) is 0 Å². The monoisotopic (exact) mass is 386 g/mol. The van der Waals surface area contributed by atoms with Crippen LogP contribution in [0.1, 0.15) is 38.5 Å². The fourth-order valence-corrected chi connectivity index (χ4v) is 2.58. The largest absolute Gasteiger partial charge is 0.491 e. The summed E-state index contributed by atoms with van der Waals surface area (Å²) in [7, 11) is 0. The first-order chi connectivity index (χ1) is 13.8. The van der Waals surface area contributed by atoms with Gasteiger partial charge in [-0.05, 0) is 62.8 Å². The molecule has 0 bridgehead atoms. The maximum Gasteiger partial charge on any atom is 0.146 e. The van der Waals surface area contributed by atoms with Crippen molar-refractivity contribution in [2.45, 2.75) is 38.5 Å². The van der Waals surface area contributed by atoms with Gasteiger partial charge in [-0.2, -0.15) is 0 Å². The Bertz CT molecular complexity index is 647. The second-order valence-corrected chi connectivity index (χ2v) is 6.40. The van der Waals surface area contributed by atoms with Gasteiger partial charge >= 0.3 is 0 Å². The summed E-state index contributed by atoms with van der Waals surface area (Å²) in [5.41, 5.74) is 1.34. The van der Waals surface area contributed by atoms with Crippen molar-refractivity contribution < 1.29 is 19.7 Å². The zero-order chi connectivity index (χ0) is 19.9. The predicted molar refractivity (Wildman–Crippen MR) is 110 cm³/mol. The Kier molecular flexibility index (Phi) is 10.7. The van der Waals surface area contributed by atoms with Crippen molar-refractivity contribution >= 4 is 11.4 Å². The molecule has 2 rings (SSSR count). The molecule has 0 aliphatic heterocycles. The van der Waals surface area contributed by atoms with Crippen molar-refractivity contribution in [3.05, 3.63) is 48.5 Å². The molecular weight excluding hydrogens is 356 g/mol. The van der Waals surface area contributed by atoms with Gasteiger partial charge < -0.3 is 19.7 Å². The van der Waals surface area contributed by atoms with Crippen LogP contribution in [0.15, 0.2) is 58.8 Å². The third kappa shape index (κ3) is 8.06. The van der Waals surface area contributed by atoms with Gasteiger partial charge in [0.05, 0.1) is 13.2 Å². The highest BCUT2D eigenvalue weighted by Crippen LogP contribution is 2.32. The van der Waals surface area contributed by atoms with Crippen LogP contribution in [0, 0.1) is 0 Å². The molecule has 0 amide bonds. The lowest BCUT2D eigenvalue weighted by Gasteiger charge is -2.09. The molecule has 0 saturated heterocycles. The summed E-state index contributed by atoms with van der Waals surface area (Å²) >= 11 is 0. The van der Waals surface area contributed by atoms with Gasteiger partial charge in [-0.15, -0.1) is 10.2 Å². The summed E-state index contributed by atoms with van der Waals surface area (Å²) in [4.78, 5) is 0. The van der Waals surface area contributed by atoms with Gasteiger partial charge in [0.1, 0.15) is 22.9 Å². The summed E-state index contributed by atoms with van der Waals surface area (Å²) < 4.78 is 11.6. The molecule has 0 aliphatic rings. The number of nitrogens with zero attached hydrogens (tertiary/aromatic N) is 2. The minimum absolute atomic E-state index is 0.216. The highest BCUT2D eigenvalue weighted by Gasteiger charge is 2.05. The molecule has 2 N–H and O–H groups in total. The first-order valence-electron chi connectivity index (χ1n) is 9.92. The lowest BCUT2D eigenvalue weighted by molar-refractivity contribution is 0.265. The second kappa shape index (κ2) is 13.7. The zero-order valence-electron chi connectivity index (χ0n) is 16.3. The summed E-state index contributed by atoms with van der Waals surface area (Å²) in [6.45, 7) is 1.60. The molecule has 2 aromatic carbocycles. The van der Waals surface area contributed by atoms with Gasteiger partial charge in [-0.25, -0.2) is 0 Å². The Morgan fingerprint density at radius 1 is 0.571 bits per heavy atom. The third-order valence-corrected chi connectivity index (χ3v) is 4.12. The summed E-state index contributed by atoms with van der Waals surface area (Å²) in [5.74, 6) is 1.38. The SMILES string of the molecule is OCCCCCOc1ccccc1N=Nc1ccccc1OCCCCCO. The molecule has 0 radical (unpaired) electrons. The molecule has 2 aromatic rings. The van der Waals surface area contributed by atoms with E-state index in [9.17, 15) is 0 Å². The highest BCUT2D eigenvalue weighted by atomic mass is 16.5. The summed E-state index contributed by atoms with van der Waals surface area (Å²) in [5, 5.41) is 26.4. The molecule has 152 valence electrons. The summed E-state index contributed by atoms with van der Waals surface area (Å²) in [6.07, 6.45) is 5.23. The van der Waals surface area contributed by atoms with Crippen LogP contribution in [0.4, 0.5) is 11.4 Å². The average molecular weight is 386 g/mol. The molecule has 6 heteroatoms. The number of azo groups is 1. The number of hydrogen-bond donors (Lipinski definition) is 2. The molecule has 0 aliphatic carbocycles. The Hall–Kier alpha value is -2.44. The predicted octanol–water partition coefficient (Wildman–Crippen LogP) is 5.18.